The maximum atomic E-state index is 13.5. The summed E-state index contributed by atoms with van der Waals surface area (Å²) in [5, 5.41) is 3.02. The summed E-state index contributed by atoms with van der Waals surface area (Å²) in [5.41, 5.74) is 2.68. The number of rotatable bonds is 3. The first kappa shape index (κ1) is 18.9. The third kappa shape index (κ3) is 3.92. The van der Waals surface area contributed by atoms with Crippen LogP contribution in [0.15, 0.2) is 91.0 Å². The molecule has 0 aromatic heterocycles. The van der Waals surface area contributed by atoms with Gasteiger partial charge in [-0.25, -0.2) is 4.79 Å². The largest absolute Gasteiger partial charge is 0.322 e. The molecule has 1 saturated heterocycles. The number of urea groups is 1. The van der Waals surface area contributed by atoms with Crippen LogP contribution in [-0.4, -0.2) is 16.7 Å². The number of Topliss-reactive ketones (excluding diaryl/α,β-unsaturated/α-hetero) is 1. The number of benzene rings is 3. The summed E-state index contributed by atoms with van der Waals surface area (Å²) < 4.78 is 0. The highest BCUT2D eigenvalue weighted by Gasteiger charge is 2.43. The summed E-state index contributed by atoms with van der Waals surface area (Å²) in [6.07, 6.45) is 0.316. The number of hydrogen-bond acceptors (Lipinski definition) is 2. The van der Waals surface area contributed by atoms with E-state index in [9.17, 15) is 9.59 Å². The van der Waals surface area contributed by atoms with Gasteiger partial charge < -0.3 is 10.2 Å². The van der Waals surface area contributed by atoms with Gasteiger partial charge in [0.05, 0.1) is 12.1 Å². The van der Waals surface area contributed by atoms with Crippen LogP contribution in [0.4, 0.5) is 10.5 Å². The summed E-state index contributed by atoms with van der Waals surface area (Å²) in [5.74, 6) is -0.102. The lowest BCUT2D eigenvalue weighted by molar-refractivity contribution is -0.129. The van der Waals surface area contributed by atoms with Crippen molar-refractivity contribution in [2.24, 2.45) is 5.92 Å². The van der Waals surface area contributed by atoms with Crippen LogP contribution in [0, 0.1) is 5.92 Å². The van der Waals surface area contributed by atoms with Crippen molar-refractivity contribution in [2.75, 3.05) is 5.32 Å². The van der Waals surface area contributed by atoms with Crippen molar-refractivity contribution in [2.45, 2.75) is 25.4 Å². The van der Waals surface area contributed by atoms with E-state index >= 15 is 0 Å². The summed E-state index contributed by atoms with van der Waals surface area (Å²) in [4.78, 5) is 28.3. The molecule has 4 rings (SSSR count). The van der Waals surface area contributed by atoms with Crippen molar-refractivity contribution in [3.63, 3.8) is 0 Å². The number of nitrogens with one attached hydrogen (secondary N) is 1. The van der Waals surface area contributed by atoms with Crippen LogP contribution in [0.3, 0.4) is 0 Å². The number of hydrogen-bond donors (Lipinski definition) is 1. The predicted molar refractivity (Wildman–Crippen MR) is 114 cm³/mol. The quantitative estimate of drug-likeness (QED) is 0.638. The van der Waals surface area contributed by atoms with Gasteiger partial charge in [-0.05, 0) is 23.3 Å². The molecule has 1 heterocycles. The molecule has 0 aliphatic carbocycles. The van der Waals surface area contributed by atoms with E-state index in [0.717, 1.165) is 16.8 Å². The molecule has 29 heavy (non-hydrogen) atoms. The Labute approximate surface area is 171 Å². The van der Waals surface area contributed by atoms with Crippen LogP contribution in [0.1, 0.15) is 36.6 Å². The molecule has 4 nitrogen and oxygen atoms in total. The van der Waals surface area contributed by atoms with Crippen LogP contribution >= 0.6 is 0 Å². The number of piperidine rings is 1. The van der Waals surface area contributed by atoms with Crippen molar-refractivity contribution in [1.82, 2.24) is 4.90 Å². The summed E-state index contributed by atoms with van der Waals surface area (Å²) in [6.45, 7) is 1.92. The van der Waals surface area contributed by atoms with E-state index in [1.54, 1.807) is 0 Å². The Bertz CT molecular complexity index is 973. The lowest BCUT2D eigenvalue weighted by Gasteiger charge is -2.45. The molecular formula is C25H24N2O2. The van der Waals surface area contributed by atoms with Crippen molar-refractivity contribution in [3.05, 3.63) is 102 Å². The number of ketones is 1. The molecule has 0 unspecified atom stereocenters. The van der Waals surface area contributed by atoms with Gasteiger partial charge in [0.15, 0.2) is 0 Å². The van der Waals surface area contributed by atoms with E-state index in [-0.39, 0.29) is 29.8 Å². The molecule has 0 saturated carbocycles. The summed E-state index contributed by atoms with van der Waals surface area (Å²) in [7, 11) is 0. The maximum absolute atomic E-state index is 13.5. The molecule has 2 amide bonds. The molecule has 3 aromatic rings. The third-order valence-corrected chi connectivity index (χ3v) is 5.60. The normalized spacial score (nSPS) is 21.6. The average Bonchev–Trinajstić information content (AvgIpc) is 2.77. The van der Waals surface area contributed by atoms with Gasteiger partial charge in [-0.15, -0.1) is 0 Å². The van der Waals surface area contributed by atoms with Crippen molar-refractivity contribution < 1.29 is 9.59 Å². The Hall–Kier alpha value is -3.40. The first-order valence-corrected chi connectivity index (χ1v) is 9.92. The predicted octanol–water partition coefficient (Wildman–Crippen LogP) is 5.61. The highest BCUT2D eigenvalue weighted by Crippen LogP contribution is 2.43. The second-order valence-corrected chi connectivity index (χ2v) is 7.44. The number of anilines is 1. The van der Waals surface area contributed by atoms with Crippen LogP contribution in [0.25, 0.3) is 0 Å². The maximum Gasteiger partial charge on any atom is 0.322 e. The van der Waals surface area contributed by atoms with Crippen molar-refractivity contribution in [3.8, 4) is 0 Å². The van der Waals surface area contributed by atoms with E-state index in [1.807, 2.05) is 103 Å². The SMILES string of the molecule is C[C@@H]1C(=O)C[C@@H](c2ccccc2)N(C(=O)Nc2ccccc2)[C@H]1c1ccccc1. The molecule has 0 bridgehead atoms. The Balaban J connectivity index is 1.77. The highest BCUT2D eigenvalue weighted by atomic mass is 16.2. The highest BCUT2D eigenvalue weighted by molar-refractivity contribution is 5.93. The second-order valence-electron chi connectivity index (χ2n) is 7.44. The van der Waals surface area contributed by atoms with Gasteiger partial charge in [0.2, 0.25) is 0 Å². The number of carbonyl (C=O) groups is 2. The Morgan fingerprint density at radius 3 is 1.93 bits per heavy atom. The van der Waals surface area contributed by atoms with Gasteiger partial charge >= 0.3 is 6.03 Å². The van der Waals surface area contributed by atoms with E-state index < -0.39 is 0 Å². The Kier molecular flexibility index (Phi) is 5.43. The minimum atomic E-state index is -0.327. The molecule has 1 fully saturated rings. The lowest BCUT2D eigenvalue weighted by atomic mass is 9.80. The fourth-order valence-corrected chi connectivity index (χ4v) is 4.12. The standard InChI is InChI=1S/C25H24N2O2/c1-18-23(28)17-22(19-11-5-2-6-12-19)27(24(18)20-13-7-3-8-14-20)25(29)26-21-15-9-4-10-16-21/h2-16,18,22,24H,17H2,1H3,(H,26,29)/t18-,22+,24-/m1/s1. The molecule has 0 spiro atoms. The summed E-state index contributed by atoms with van der Waals surface area (Å²) in [6, 6.07) is 28.2. The molecule has 1 aliphatic rings. The van der Waals surface area contributed by atoms with E-state index in [1.165, 1.54) is 0 Å². The number of para-hydroxylation sites is 1. The van der Waals surface area contributed by atoms with Crippen LogP contribution < -0.4 is 5.32 Å². The van der Waals surface area contributed by atoms with Gasteiger partial charge in [0.1, 0.15) is 5.78 Å². The zero-order chi connectivity index (χ0) is 20.2. The van der Waals surface area contributed by atoms with Gasteiger partial charge in [-0.2, -0.15) is 0 Å². The van der Waals surface area contributed by atoms with Gasteiger partial charge in [-0.1, -0.05) is 85.8 Å². The Morgan fingerprint density at radius 1 is 0.828 bits per heavy atom. The lowest BCUT2D eigenvalue weighted by Crippen LogP contribution is -2.49. The Morgan fingerprint density at radius 2 is 1.34 bits per heavy atom. The zero-order valence-electron chi connectivity index (χ0n) is 16.4. The molecule has 0 radical (unpaired) electrons. The molecule has 146 valence electrons. The van der Waals surface area contributed by atoms with Crippen LogP contribution in [0.2, 0.25) is 0 Å². The second kappa shape index (κ2) is 8.31. The molecule has 1 N–H and O–H groups in total. The van der Waals surface area contributed by atoms with Gasteiger partial charge in [0.25, 0.3) is 0 Å². The van der Waals surface area contributed by atoms with Crippen molar-refractivity contribution >= 4 is 17.5 Å². The molecule has 3 aromatic carbocycles. The molecule has 3 atom stereocenters. The smallest absolute Gasteiger partial charge is 0.309 e. The van der Waals surface area contributed by atoms with Gasteiger partial charge in [0, 0.05) is 18.0 Å². The first-order valence-electron chi connectivity index (χ1n) is 9.92. The van der Waals surface area contributed by atoms with E-state index in [0.29, 0.717) is 6.42 Å². The number of likely N-dealkylation sites (tertiary alicyclic amines) is 1. The average molecular weight is 384 g/mol. The summed E-state index contributed by atoms with van der Waals surface area (Å²) >= 11 is 0. The monoisotopic (exact) mass is 384 g/mol. The molecular weight excluding hydrogens is 360 g/mol. The van der Waals surface area contributed by atoms with E-state index in [2.05, 4.69) is 5.32 Å². The topological polar surface area (TPSA) is 49.4 Å². The van der Waals surface area contributed by atoms with Gasteiger partial charge in [-0.3, -0.25) is 4.79 Å². The fraction of sp³-hybridized carbons (Fsp3) is 0.200. The molecule has 1 aliphatic heterocycles. The number of amides is 2. The minimum Gasteiger partial charge on any atom is -0.309 e. The van der Waals surface area contributed by atoms with Crippen LogP contribution in [-0.2, 0) is 4.79 Å². The zero-order valence-corrected chi connectivity index (χ0v) is 16.4. The third-order valence-electron chi connectivity index (χ3n) is 5.60. The fourth-order valence-electron chi connectivity index (χ4n) is 4.12. The van der Waals surface area contributed by atoms with Crippen molar-refractivity contribution in [1.29, 1.82) is 0 Å². The molecule has 4 heteroatoms. The van der Waals surface area contributed by atoms with E-state index in [4.69, 9.17) is 0 Å². The van der Waals surface area contributed by atoms with Crippen LogP contribution in [0.5, 0.6) is 0 Å². The first-order chi connectivity index (χ1) is 14.1. The minimum absolute atomic E-state index is 0.177. The number of nitrogens with zero attached hydrogens (tertiary/aromatic N) is 1. The number of carbonyl (C=O) groups excluding carboxylic acids is 2.